The highest BCUT2D eigenvalue weighted by molar-refractivity contribution is 7.93. The van der Waals surface area contributed by atoms with Gasteiger partial charge in [-0.15, -0.1) is 0 Å². The van der Waals surface area contributed by atoms with Gasteiger partial charge in [0.25, 0.3) is 0 Å². The van der Waals surface area contributed by atoms with Crippen LogP contribution in [0.3, 0.4) is 0 Å². The standard InChI is InChI=1S/C12H26N2O2S2/c1-5-6-7-8-12(3,4)9-14-18(15,16)10(2)11(13)17/h10,14H,5-9H2,1-4H3,(H2,13,17). The molecular formula is C12H26N2O2S2. The summed E-state index contributed by atoms with van der Waals surface area (Å²) < 4.78 is 26.4. The molecule has 0 aromatic rings. The largest absolute Gasteiger partial charge is 0.392 e. The van der Waals surface area contributed by atoms with E-state index in [0.717, 1.165) is 12.8 Å². The number of hydrogen-bond acceptors (Lipinski definition) is 3. The number of sulfonamides is 1. The lowest BCUT2D eigenvalue weighted by Crippen LogP contribution is -2.43. The molecule has 108 valence electrons. The fourth-order valence-electron chi connectivity index (χ4n) is 1.52. The van der Waals surface area contributed by atoms with Crippen molar-refractivity contribution >= 4 is 27.2 Å². The minimum atomic E-state index is -3.44. The summed E-state index contributed by atoms with van der Waals surface area (Å²) in [6.07, 6.45) is 4.47. The maximum atomic E-state index is 11.9. The Bertz CT molecular complexity index is 364. The van der Waals surface area contributed by atoms with E-state index in [2.05, 4.69) is 25.5 Å². The number of hydrogen-bond donors (Lipinski definition) is 2. The maximum Gasteiger partial charge on any atom is 0.220 e. The van der Waals surface area contributed by atoms with Crippen LogP contribution in [0.25, 0.3) is 0 Å². The minimum absolute atomic E-state index is 0.00582. The zero-order valence-electron chi connectivity index (χ0n) is 11.8. The molecule has 0 amide bonds. The Labute approximate surface area is 117 Å². The van der Waals surface area contributed by atoms with Gasteiger partial charge in [0.1, 0.15) is 5.25 Å². The van der Waals surface area contributed by atoms with Gasteiger partial charge in [0.15, 0.2) is 0 Å². The summed E-state index contributed by atoms with van der Waals surface area (Å²) in [5.41, 5.74) is 5.33. The predicted octanol–water partition coefficient (Wildman–Crippen LogP) is 2.19. The van der Waals surface area contributed by atoms with Crippen LogP contribution in [0.4, 0.5) is 0 Å². The normalized spacial score (nSPS) is 14.4. The third-order valence-corrected chi connectivity index (χ3v) is 5.31. The summed E-state index contributed by atoms with van der Waals surface area (Å²) in [5.74, 6) is 0. The van der Waals surface area contributed by atoms with Crippen molar-refractivity contribution in [2.45, 2.75) is 58.6 Å². The molecule has 3 N–H and O–H groups in total. The predicted molar refractivity (Wildman–Crippen MR) is 81.1 cm³/mol. The second-order valence-corrected chi connectivity index (χ2v) is 8.09. The number of rotatable bonds is 9. The van der Waals surface area contributed by atoms with Crippen molar-refractivity contribution in [3.63, 3.8) is 0 Å². The summed E-state index contributed by atoms with van der Waals surface area (Å²) >= 11 is 4.72. The summed E-state index contributed by atoms with van der Waals surface area (Å²) in [6.45, 7) is 8.22. The van der Waals surface area contributed by atoms with E-state index in [1.807, 2.05) is 0 Å². The fourth-order valence-corrected chi connectivity index (χ4v) is 3.04. The number of unbranched alkanes of at least 4 members (excludes halogenated alkanes) is 2. The van der Waals surface area contributed by atoms with Crippen molar-refractivity contribution in [2.24, 2.45) is 11.1 Å². The number of thiocarbonyl (C=S) groups is 1. The van der Waals surface area contributed by atoms with Crippen molar-refractivity contribution in [1.82, 2.24) is 4.72 Å². The van der Waals surface area contributed by atoms with Gasteiger partial charge in [0.2, 0.25) is 10.0 Å². The third kappa shape index (κ3) is 6.66. The minimum Gasteiger partial charge on any atom is -0.392 e. The lowest BCUT2D eigenvalue weighted by molar-refractivity contribution is 0.320. The second kappa shape index (κ2) is 7.40. The molecule has 0 aliphatic heterocycles. The lowest BCUT2D eigenvalue weighted by Gasteiger charge is -2.25. The molecule has 0 saturated carbocycles. The van der Waals surface area contributed by atoms with Crippen LogP contribution in [0.15, 0.2) is 0 Å². The highest BCUT2D eigenvalue weighted by Gasteiger charge is 2.26. The molecule has 4 nitrogen and oxygen atoms in total. The van der Waals surface area contributed by atoms with E-state index in [0.29, 0.717) is 6.54 Å². The van der Waals surface area contributed by atoms with Crippen LogP contribution in [0.2, 0.25) is 0 Å². The molecule has 0 aromatic carbocycles. The quantitative estimate of drug-likeness (QED) is 0.505. The molecule has 0 bridgehead atoms. The summed E-state index contributed by atoms with van der Waals surface area (Å²) in [6, 6.07) is 0. The summed E-state index contributed by atoms with van der Waals surface area (Å²) in [4.78, 5) is 0.00582. The van der Waals surface area contributed by atoms with Gasteiger partial charge in [-0.3, -0.25) is 0 Å². The molecular weight excluding hydrogens is 268 g/mol. The highest BCUT2D eigenvalue weighted by atomic mass is 32.2. The smallest absolute Gasteiger partial charge is 0.220 e. The lowest BCUT2D eigenvalue weighted by atomic mass is 9.87. The van der Waals surface area contributed by atoms with Gasteiger partial charge in [0, 0.05) is 6.54 Å². The van der Waals surface area contributed by atoms with Crippen LogP contribution in [-0.2, 0) is 10.0 Å². The van der Waals surface area contributed by atoms with E-state index in [1.165, 1.54) is 19.8 Å². The SMILES string of the molecule is CCCCCC(C)(C)CNS(=O)(=O)C(C)C(N)=S. The maximum absolute atomic E-state index is 11.9. The van der Waals surface area contributed by atoms with Gasteiger partial charge < -0.3 is 5.73 Å². The Hall–Kier alpha value is -0.200. The van der Waals surface area contributed by atoms with E-state index in [-0.39, 0.29) is 10.4 Å². The van der Waals surface area contributed by atoms with Crippen LogP contribution in [0.1, 0.15) is 53.4 Å². The van der Waals surface area contributed by atoms with Crippen molar-refractivity contribution < 1.29 is 8.42 Å². The molecule has 0 aliphatic carbocycles. The first-order valence-electron chi connectivity index (χ1n) is 6.40. The van der Waals surface area contributed by atoms with Gasteiger partial charge in [-0.2, -0.15) is 0 Å². The first kappa shape index (κ1) is 17.8. The average Bonchev–Trinajstić information content (AvgIpc) is 2.26. The first-order chi connectivity index (χ1) is 8.12. The monoisotopic (exact) mass is 294 g/mol. The molecule has 18 heavy (non-hydrogen) atoms. The van der Waals surface area contributed by atoms with Gasteiger partial charge in [0.05, 0.1) is 4.99 Å². The van der Waals surface area contributed by atoms with E-state index in [9.17, 15) is 8.42 Å². The Morgan fingerprint density at radius 2 is 1.94 bits per heavy atom. The van der Waals surface area contributed by atoms with Crippen molar-refractivity contribution in [1.29, 1.82) is 0 Å². The van der Waals surface area contributed by atoms with Crippen LogP contribution in [0.5, 0.6) is 0 Å². The topological polar surface area (TPSA) is 72.2 Å². The van der Waals surface area contributed by atoms with E-state index in [1.54, 1.807) is 0 Å². The van der Waals surface area contributed by atoms with Gasteiger partial charge in [-0.05, 0) is 18.8 Å². The molecule has 0 aliphatic rings. The van der Waals surface area contributed by atoms with Crippen LogP contribution < -0.4 is 10.5 Å². The molecule has 0 spiro atoms. The molecule has 0 fully saturated rings. The summed E-state index contributed by atoms with van der Waals surface area (Å²) in [7, 11) is -3.44. The van der Waals surface area contributed by atoms with Crippen molar-refractivity contribution in [3.8, 4) is 0 Å². The molecule has 6 heteroatoms. The third-order valence-electron chi connectivity index (χ3n) is 3.08. The zero-order valence-corrected chi connectivity index (χ0v) is 13.5. The van der Waals surface area contributed by atoms with E-state index in [4.69, 9.17) is 18.0 Å². The molecule has 1 atom stereocenters. The van der Waals surface area contributed by atoms with Crippen molar-refractivity contribution in [2.75, 3.05) is 6.54 Å². The second-order valence-electron chi connectivity index (χ2n) is 5.53. The Morgan fingerprint density at radius 1 is 1.39 bits per heavy atom. The zero-order chi connectivity index (χ0) is 14.4. The van der Waals surface area contributed by atoms with Gasteiger partial charge >= 0.3 is 0 Å². The van der Waals surface area contributed by atoms with Gasteiger partial charge in [-0.1, -0.05) is 52.3 Å². The first-order valence-corrected chi connectivity index (χ1v) is 8.35. The number of nitrogens with two attached hydrogens (primary N) is 1. The Morgan fingerprint density at radius 3 is 2.39 bits per heavy atom. The van der Waals surface area contributed by atoms with E-state index < -0.39 is 15.3 Å². The molecule has 0 saturated heterocycles. The molecule has 0 rings (SSSR count). The molecule has 0 radical (unpaired) electrons. The Kier molecular flexibility index (Phi) is 7.32. The Balaban J connectivity index is 4.34. The fraction of sp³-hybridized carbons (Fsp3) is 0.917. The average molecular weight is 294 g/mol. The van der Waals surface area contributed by atoms with E-state index >= 15 is 0 Å². The molecule has 1 unspecified atom stereocenters. The molecule has 0 heterocycles. The van der Waals surface area contributed by atoms with Crippen LogP contribution in [0, 0.1) is 5.41 Å². The van der Waals surface area contributed by atoms with Crippen molar-refractivity contribution in [3.05, 3.63) is 0 Å². The molecule has 0 aromatic heterocycles. The van der Waals surface area contributed by atoms with Crippen LogP contribution >= 0.6 is 12.2 Å². The van der Waals surface area contributed by atoms with Gasteiger partial charge in [-0.25, -0.2) is 13.1 Å². The van der Waals surface area contributed by atoms with Crippen LogP contribution in [-0.4, -0.2) is 25.2 Å². The highest BCUT2D eigenvalue weighted by Crippen LogP contribution is 2.23. The summed E-state index contributed by atoms with van der Waals surface area (Å²) in [5, 5.41) is -0.820. The number of nitrogens with one attached hydrogen (secondary N) is 1.